The smallest absolute Gasteiger partial charge is 0.447 e. The number of methoxy groups -OCH3 is 1. The fourth-order valence-electron chi connectivity index (χ4n) is 5.94. The van der Waals surface area contributed by atoms with Gasteiger partial charge in [-0.05, 0) is 51.0 Å². The van der Waals surface area contributed by atoms with Crippen LogP contribution in [0.5, 0.6) is 17.2 Å². The Hall–Kier alpha value is -2.61. The molecule has 1 amide bonds. The van der Waals surface area contributed by atoms with Crippen LogP contribution in [0.2, 0.25) is 5.02 Å². The third-order valence-electron chi connectivity index (χ3n) is 8.26. The molecule has 230 valence electrons. The molecule has 1 aliphatic carbocycles. The third-order valence-corrected chi connectivity index (χ3v) is 9.34. The molecule has 1 unspecified atom stereocenters. The van der Waals surface area contributed by atoms with Gasteiger partial charge in [0.05, 0.1) is 16.7 Å². The van der Waals surface area contributed by atoms with Gasteiger partial charge in [0.1, 0.15) is 0 Å². The summed E-state index contributed by atoms with van der Waals surface area (Å²) in [5.74, 6) is -3.69. The first-order chi connectivity index (χ1) is 19.8. The van der Waals surface area contributed by atoms with Gasteiger partial charge in [-0.1, -0.05) is 11.6 Å². The molecule has 2 aliphatic heterocycles. The second-order valence-electron chi connectivity index (χ2n) is 11.0. The zero-order chi connectivity index (χ0) is 30.4. The molecule has 1 saturated heterocycles. The molecule has 2 fully saturated rings. The maximum absolute atomic E-state index is 13.6. The van der Waals surface area contributed by atoms with E-state index >= 15 is 0 Å². The number of carbonyl (C=O) groups excluding carboxylic acids is 1. The molecule has 1 saturated carbocycles. The number of rotatable bonds is 8. The van der Waals surface area contributed by atoms with Gasteiger partial charge in [0, 0.05) is 61.8 Å². The first-order valence-electron chi connectivity index (χ1n) is 13.6. The van der Waals surface area contributed by atoms with Crippen LogP contribution in [0.3, 0.4) is 0 Å². The van der Waals surface area contributed by atoms with E-state index in [1.54, 1.807) is 33.3 Å². The highest BCUT2D eigenvalue weighted by Gasteiger charge is 2.50. The lowest BCUT2D eigenvalue weighted by Crippen LogP contribution is -2.57. The van der Waals surface area contributed by atoms with E-state index in [-0.39, 0.29) is 40.7 Å². The summed E-state index contributed by atoms with van der Waals surface area (Å²) in [5, 5.41) is 2.43. The summed E-state index contributed by atoms with van der Waals surface area (Å²) in [7, 11) is 1.70. The van der Waals surface area contributed by atoms with E-state index in [9.17, 15) is 22.8 Å². The molecule has 1 aromatic carbocycles. The van der Waals surface area contributed by atoms with E-state index < -0.39 is 34.9 Å². The van der Waals surface area contributed by atoms with Crippen LogP contribution in [0, 0.1) is 12.8 Å². The van der Waals surface area contributed by atoms with Gasteiger partial charge >= 0.3 is 6.36 Å². The number of aromatic amines is 1. The van der Waals surface area contributed by atoms with Gasteiger partial charge in [0.25, 0.3) is 17.3 Å². The summed E-state index contributed by atoms with van der Waals surface area (Å²) in [6.07, 6.45) is 0.111. The summed E-state index contributed by atoms with van der Waals surface area (Å²) in [6.45, 7) is 4.93. The van der Waals surface area contributed by atoms with Crippen molar-refractivity contribution in [2.45, 2.75) is 75.3 Å². The average molecular weight is 632 g/mol. The van der Waals surface area contributed by atoms with Crippen molar-refractivity contribution < 1.29 is 36.9 Å². The number of nitrogens with one attached hydrogen (secondary N) is 2. The van der Waals surface area contributed by atoms with Gasteiger partial charge in [-0.2, -0.15) is 0 Å². The molecule has 1 aromatic heterocycles. The molecular weight excluding hydrogens is 599 g/mol. The molecule has 0 spiro atoms. The molecule has 3 aliphatic rings. The molecule has 3 heterocycles. The molecule has 0 radical (unpaired) electrons. The fraction of sp³-hybridized carbons (Fsp3) is 0.571. The summed E-state index contributed by atoms with van der Waals surface area (Å²) < 4.78 is 62.7. The molecule has 2 N–H and O–H groups in total. The average Bonchev–Trinajstić information content (AvgIpc) is 3.27. The van der Waals surface area contributed by atoms with Crippen molar-refractivity contribution in [1.82, 2.24) is 15.2 Å². The molecule has 2 aromatic rings. The number of alkyl halides is 3. The van der Waals surface area contributed by atoms with Gasteiger partial charge in [-0.25, -0.2) is 0 Å². The van der Waals surface area contributed by atoms with Crippen molar-refractivity contribution in [2.75, 3.05) is 26.5 Å². The minimum Gasteiger partial charge on any atom is -0.447 e. The number of benzene rings is 1. The molecule has 1 atom stereocenters. The number of aryl methyl sites for hydroxylation is 1. The van der Waals surface area contributed by atoms with Crippen molar-refractivity contribution >= 4 is 29.3 Å². The summed E-state index contributed by atoms with van der Waals surface area (Å²) in [6, 6.07) is 3.21. The number of halogens is 4. The van der Waals surface area contributed by atoms with Gasteiger partial charge in [-0.15, -0.1) is 24.9 Å². The summed E-state index contributed by atoms with van der Waals surface area (Å²) >= 11 is 7.77. The van der Waals surface area contributed by atoms with Crippen molar-refractivity contribution in [3.63, 3.8) is 0 Å². The van der Waals surface area contributed by atoms with Gasteiger partial charge < -0.3 is 29.2 Å². The lowest BCUT2D eigenvalue weighted by Gasteiger charge is -2.47. The van der Waals surface area contributed by atoms with Crippen LogP contribution in [-0.4, -0.2) is 66.5 Å². The first-order valence-corrected chi connectivity index (χ1v) is 15.2. The highest BCUT2D eigenvalue weighted by atomic mass is 35.5. The molecule has 14 heteroatoms. The van der Waals surface area contributed by atoms with E-state index in [1.165, 1.54) is 11.8 Å². The Bertz CT molecular complexity index is 1410. The highest BCUT2D eigenvalue weighted by Crippen LogP contribution is 2.55. The summed E-state index contributed by atoms with van der Waals surface area (Å²) in [4.78, 5) is 31.4. The van der Waals surface area contributed by atoms with Crippen LogP contribution in [0.15, 0.2) is 21.8 Å². The number of nitrogens with zero attached hydrogens (tertiary/aromatic N) is 1. The predicted molar refractivity (Wildman–Crippen MR) is 151 cm³/mol. The first kappa shape index (κ1) is 30.8. The topological polar surface area (TPSA) is 102 Å². The van der Waals surface area contributed by atoms with Crippen LogP contribution >= 0.6 is 23.4 Å². The Morgan fingerprint density at radius 1 is 1.21 bits per heavy atom. The van der Waals surface area contributed by atoms with E-state index in [1.807, 2.05) is 0 Å². The standard InChI is InChI=1S/C28H33ClF3N3O6S/c1-14-9-21(42-4)19(26(37)34-14)11-33-25(36)18-10-20(29)23-24(22(18)41-28(30,31)32)40-27(2,39-23)15-5-7-16(8-6-15)35-12-17(13-35)38-3/h9-10,15-17H,5-8,11-13H2,1-4H3,(H,33,36)(H,34,37). The fourth-order valence-corrected chi connectivity index (χ4v) is 6.88. The van der Waals surface area contributed by atoms with E-state index in [4.69, 9.17) is 25.8 Å². The number of carbonyl (C=O) groups is 1. The van der Waals surface area contributed by atoms with Crippen LogP contribution in [-0.2, 0) is 11.3 Å². The quantitative estimate of drug-likeness (QED) is 0.381. The second-order valence-corrected chi connectivity index (χ2v) is 12.2. The number of hydrogen-bond donors (Lipinski definition) is 2. The molecule has 9 nitrogen and oxygen atoms in total. The maximum Gasteiger partial charge on any atom is 0.573 e. The molecule has 0 bridgehead atoms. The monoisotopic (exact) mass is 631 g/mol. The Morgan fingerprint density at radius 3 is 2.50 bits per heavy atom. The van der Waals surface area contributed by atoms with Gasteiger partial charge in [-0.3, -0.25) is 14.5 Å². The van der Waals surface area contributed by atoms with Crippen LogP contribution in [0.4, 0.5) is 13.2 Å². The Balaban J connectivity index is 1.37. The van der Waals surface area contributed by atoms with E-state index in [2.05, 4.69) is 19.9 Å². The summed E-state index contributed by atoms with van der Waals surface area (Å²) in [5.41, 5.74) is 0.00554. The van der Waals surface area contributed by atoms with Crippen molar-refractivity contribution in [3.05, 3.63) is 44.3 Å². The zero-order valence-electron chi connectivity index (χ0n) is 23.7. The Kier molecular flexibility index (Phi) is 8.68. The van der Waals surface area contributed by atoms with Gasteiger partial charge in [0.15, 0.2) is 11.5 Å². The van der Waals surface area contributed by atoms with Crippen molar-refractivity contribution in [1.29, 1.82) is 0 Å². The maximum atomic E-state index is 13.6. The third kappa shape index (κ3) is 6.20. The molecular formula is C28H33ClF3N3O6S. The lowest BCUT2D eigenvalue weighted by atomic mass is 9.80. The number of amides is 1. The zero-order valence-corrected chi connectivity index (χ0v) is 25.2. The van der Waals surface area contributed by atoms with Crippen LogP contribution in [0.25, 0.3) is 0 Å². The van der Waals surface area contributed by atoms with Crippen LogP contribution < -0.4 is 25.1 Å². The van der Waals surface area contributed by atoms with Crippen LogP contribution in [0.1, 0.15) is 54.2 Å². The number of pyridine rings is 1. The van der Waals surface area contributed by atoms with E-state index in [0.717, 1.165) is 44.8 Å². The number of likely N-dealkylation sites (tertiary alicyclic amines) is 1. The minimum atomic E-state index is -5.13. The lowest BCUT2D eigenvalue weighted by molar-refractivity contribution is -0.275. The van der Waals surface area contributed by atoms with Gasteiger partial charge in [0.2, 0.25) is 5.75 Å². The van der Waals surface area contributed by atoms with Crippen molar-refractivity contribution in [2.24, 2.45) is 5.92 Å². The molecule has 5 rings (SSSR count). The minimum absolute atomic E-state index is 0.0914. The number of thioether (sulfide) groups is 1. The highest BCUT2D eigenvalue weighted by molar-refractivity contribution is 7.98. The van der Waals surface area contributed by atoms with E-state index in [0.29, 0.717) is 16.6 Å². The largest absolute Gasteiger partial charge is 0.573 e. The number of ether oxygens (including phenoxy) is 4. The normalized spacial score (nSPS) is 24.4. The number of aromatic nitrogens is 1. The Labute approximate surface area is 250 Å². The SMILES string of the molecule is COC1CN(C2CCC(C3(C)Oc4c(Cl)cc(C(=O)NCc5c(SC)cc(C)[nH]c5=O)c(OC(F)(F)F)c4O3)CC2)C1. The number of hydrogen-bond acceptors (Lipinski definition) is 8. The molecule has 42 heavy (non-hydrogen) atoms. The van der Waals surface area contributed by atoms with Crippen molar-refractivity contribution in [3.8, 4) is 17.2 Å². The number of H-pyrrole nitrogens is 1. The second kappa shape index (κ2) is 11.8. The number of fused-ring (bicyclic) bond motifs is 1. The Morgan fingerprint density at radius 2 is 1.88 bits per heavy atom. The predicted octanol–water partition coefficient (Wildman–Crippen LogP) is 5.26.